The van der Waals surface area contributed by atoms with Gasteiger partial charge in [-0.3, -0.25) is 4.79 Å². The molecule has 0 aliphatic carbocycles. The lowest BCUT2D eigenvalue weighted by Gasteiger charge is -2.25. The topological polar surface area (TPSA) is 32.3 Å². The lowest BCUT2D eigenvalue weighted by atomic mass is 10.1. The van der Waals surface area contributed by atoms with E-state index in [0.717, 1.165) is 19.5 Å². The van der Waals surface area contributed by atoms with Crippen molar-refractivity contribution in [3.8, 4) is 0 Å². The Morgan fingerprint density at radius 2 is 2.57 bits per heavy atom. The van der Waals surface area contributed by atoms with Gasteiger partial charge in [-0.15, -0.1) is 6.58 Å². The fourth-order valence-corrected chi connectivity index (χ4v) is 1.39. The van der Waals surface area contributed by atoms with E-state index in [0.29, 0.717) is 13.1 Å². The molecule has 0 unspecified atom stereocenters. The highest BCUT2D eigenvalue weighted by Gasteiger charge is 2.14. The van der Waals surface area contributed by atoms with Gasteiger partial charge < -0.3 is 10.2 Å². The summed E-state index contributed by atoms with van der Waals surface area (Å²) in [5, 5.41) is 3.01. The number of carbonyl (C=O) groups excluding carboxylic acids is 1. The van der Waals surface area contributed by atoms with Crippen molar-refractivity contribution in [2.24, 2.45) is 0 Å². The van der Waals surface area contributed by atoms with E-state index in [9.17, 15) is 4.79 Å². The molecule has 1 rings (SSSR count). The molecule has 0 bridgehead atoms. The summed E-state index contributed by atoms with van der Waals surface area (Å²) >= 11 is 0. The Morgan fingerprint density at radius 1 is 1.79 bits per heavy atom. The molecule has 0 fully saturated rings. The van der Waals surface area contributed by atoms with Crippen molar-refractivity contribution in [1.82, 2.24) is 10.2 Å². The van der Waals surface area contributed by atoms with Gasteiger partial charge in [0.1, 0.15) is 0 Å². The second-order valence-electron chi connectivity index (χ2n) is 3.56. The zero-order chi connectivity index (χ0) is 10.4. The van der Waals surface area contributed by atoms with E-state index in [-0.39, 0.29) is 5.91 Å². The summed E-state index contributed by atoms with van der Waals surface area (Å²) in [6.45, 7) is 8.42. The fraction of sp³-hybridized carbons (Fsp3) is 0.545. The van der Waals surface area contributed by atoms with Crippen LogP contribution in [-0.2, 0) is 4.79 Å². The molecule has 3 nitrogen and oxygen atoms in total. The Morgan fingerprint density at radius 3 is 3.14 bits per heavy atom. The van der Waals surface area contributed by atoms with Crippen LogP contribution in [-0.4, -0.2) is 37.0 Å². The first-order valence-electron chi connectivity index (χ1n) is 4.99. The van der Waals surface area contributed by atoms with Crippen LogP contribution < -0.4 is 5.32 Å². The summed E-state index contributed by atoms with van der Waals surface area (Å²) in [6, 6.07) is 0. The molecule has 0 saturated carbocycles. The van der Waals surface area contributed by atoms with Crippen LogP contribution in [0.2, 0.25) is 0 Å². The molecule has 1 N–H and O–H groups in total. The molecule has 0 atom stereocenters. The van der Waals surface area contributed by atoms with E-state index in [2.05, 4.69) is 24.9 Å². The van der Waals surface area contributed by atoms with Gasteiger partial charge in [-0.1, -0.05) is 17.7 Å². The molecule has 14 heavy (non-hydrogen) atoms. The number of amides is 1. The number of nitrogens with zero attached hydrogens (tertiary/aromatic N) is 1. The zero-order valence-corrected chi connectivity index (χ0v) is 8.75. The Balaban J connectivity index is 2.28. The molecule has 0 radical (unpaired) electrons. The predicted molar refractivity (Wildman–Crippen MR) is 58.0 cm³/mol. The predicted octanol–water partition coefficient (Wildman–Crippen LogP) is 0.941. The molecule has 1 amide bonds. The van der Waals surface area contributed by atoms with E-state index in [1.54, 1.807) is 6.08 Å². The maximum atomic E-state index is 11.6. The number of rotatable bonds is 4. The quantitative estimate of drug-likeness (QED) is 0.533. The van der Waals surface area contributed by atoms with Gasteiger partial charge in [0.2, 0.25) is 5.91 Å². The normalized spacial score (nSPS) is 16.4. The van der Waals surface area contributed by atoms with Gasteiger partial charge in [-0.25, -0.2) is 0 Å². The maximum absolute atomic E-state index is 11.6. The van der Waals surface area contributed by atoms with Gasteiger partial charge in [0.15, 0.2) is 0 Å². The first-order valence-corrected chi connectivity index (χ1v) is 4.99. The van der Waals surface area contributed by atoms with Crippen LogP contribution in [0.5, 0.6) is 0 Å². The Bertz CT molecular complexity index is 246. The van der Waals surface area contributed by atoms with Crippen LogP contribution in [0.1, 0.15) is 13.3 Å². The van der Waals surface area contributed by atoms with Gasteiger partial charge in [0, 0.05) is 19.6 Å². The third-order valence-electron chi connectivity index (χ3n) is 2.35. The molecule has 0 aromatic rings. The molecule has 78 valence electrons. The van der Waals surface area contributed by atoms with E-state index >= 15 is 0 Å². The first kappa shape index (κ1) is 11.0. The summed E-state index contributed by atoms with van der Waals surface area (Å²) in [5.74, 6) is 0.176. The molecule has 1 aliphatic rings. The summed E-state index contributed by atoms with van der Waals surface area (Å²) in [7, 11) is 0. The third kappa shape index (κ3) is 3.34. The number of hydrogen-bond acceptors (Lipinski definition) is 2. The van der Waals surface area contributed by atoms with Crippen LogP contribution in [0.15, 0.2) is 24.3 Å². The molecular weight excluding hydrogens is 176 g/mol. The van der Waals surface area contributed by atoms with E-state index in [1.165, 1.54) is 5.57 Å². The number of carbonyl (C=O) groups is 1. The van der Waals surface area contributed by atoms with Gasteiger partial charge >= 0.3 is 0 Å². The minimum Gasteiger partial charge on any atom is -0.338 e. The van der Waals surface area contributed by atoms with Crippen molar-refractivity contribution in [3.05, 3.63) is 24.3 Å². The summed E-state index contributed by atoms with van der Waals surface area (Å²) in [5.41, 5.74) is 1.38. The van der Waals surface area contributed by atoms with Gasteiger partial charge in [0.05, 0.1) is 6.54 Å². The van der Waals surface area contributed by atoms with Crippen molar-refractivity contribution in [3.63, 3.8) is 0 Å². The van der Waals surface area contributed by atoms with Crippen LogP contribution in [0, 0.1) is 0 Å². The summed E-state index contributed by atoms with van der Waals surface area (Å²) in [6.07, 6.45) is 4.88. The smallest absolute Gasteiger partial charge is 0.236 e. The maximum Gasteiger partial charge on any atom is 0.236 e. The van der Waals surface area contributed by atoms with Crippen LogP contribution in [0.4, 0.5) is 0 Å². The first-order chi connectivity index (χ1) is 6.74. The highest BCUT2D eigenvalue weighted by molar-refractivity contribution is 5.78. The Kier molecular flexibility index (Phi) is 4.40. The average molecular weight is 194 g/mol. The van der Waals surface area contributed by atoms with Crippen molar-refractivity contribution < 1.29 is 4.79 Å². The third-order valence-corrected chi connectivity index (χ3v) is 2.35. The van der Waals surface area contributed by atoms with Gasteiger partial charge in [-0.05, 0) is 13.3 Å². The van der Waals surface area contributed by atoms with E-state index in [4.69, 9.17) is 0 Å². The zero-order valence-electron chi connectivity index (χ0n) is 8.75. The van der Waals surface area contributed by atoms with Crippen molar-refractivity contribution in [2.45, 2.75) is 13.3 Å². The van der Waals surface area contributed by atoms with Crippen LogP contribution >= 0.6 is 0 Å². The van der Waals surface area contributed by atoms with Crippen molar-refractivity contribution in [1.29, 1.82) is 0 Å². The highest BCUT2D eigenvalue weighted by atomic mass is 16.2. The number of nitrogens with one attached hydrogen (secondary N) is 1. The summed E-state index contributed by atoms with van der Waals surface area (Å²) in [4.78, 5) is 13.5. The largest absolute Gasteiger partial charge is 0.338 e. The molecule has 0 spiro atoms. The SMILES string of the molecule is C=CCNCC(=O)N1CC=C(C)CC1. The van der Waals surface area contributed by atoms with Crippen LogP contribution in [0.25, 0.3) is 0 Å². The second kappa shape index (κ2) is 5.60. The number of hydrogen-bond donors (Lipinski definition) is 1. The standard InChI is InChI=1S/C11H18N2O/c1-3-6-12-9-11(14)13-7-4-10(2)5-8-13/h3-4,12H,1,5-9H2,2H3. The molecule has 0 saturated heterocycles. The Hall–Kier alpha value is -1.09. The Labute approximate surface area is 85.5 Å². The fourth-order valence-electron chi connectivity index (χ4n) is 1.39. The minimum atomic E-state index is 0.176. The van der Waals surface area contributed by atoms with Crippen molar-refractivity contribution >= 4 is 5.91 Å². The molecule has 1 aliphatic heterocycles. The monoisotopic (exact) mass is 194 g/mol. The molecule has 1 heterocycles. The van der Waals surface area contributed by atoms with E-state index in [1.807, 2.05) is 4.90 Å². The molecule has 3 heteroatoms. The average Bonchev–Trinajstić information content (AvgIpc) is 2.19. The minimum absolute atomic E-state index is 0.176. The van der Waals surface area contributed by atoms with Crippen LogP contribution in [0.3, 0.4) is 0 Å². The highest BCUT2D eigenvalue weighted by Crippen LogP contribution is 2.08. The molecular formula is C11H18N2O. The lowest BCUT2D eigenvalue weighted by molar-refractivity contribution is -0.129. The van der Waals surface area contributed by atoms with Crippen molar-refractivity contribution in [2.75, 3.05) is 26.2 Å². The van der Waals surface area contributed by atoms with E-state index < -0.39 is 0 Å². The van der Waals surface area contributed by atoms with Gasteiger partial charge in [-0.2, -0.15) is 0 Å². The molecule has 0 aromatic carbocycles. The lowest BCUT2D eigenvalue weighted by Crippen LogP contribution is -2.40. The summed E-state index contributed by atoms with van der Waals surface area (Å²) < 4.78 is 0. The van der Waals surface area contributed by atoms with Gasteiger partial charge in [0.25, 0.3) is 0 Å². The second-order valence-corrected chi connectivity index (χ2v) is 3.56. The molecule has 0 aromatic heterocycles.